The molecule has 2 unspecified atom stereocenters. The van der Waals surface area contributed by atoms with Crippen molar-refractivity contribution in [2.24, 2.45) is 5.92 Å². The summed E-state index contributed by atoms with van der Waals surface area (Å²) in [5.41, 5.74) is 0.967. The average molecular weight is 295 g/mol. The second-order valence-electron chi connectivity index (χ2n) is 5.86. The molecule has 1 aromatic rings. The highest BCUT2D eigenvalue weighted by Gasteiger charge is 2.41. The fourth-order valence-electron chi connectivity index (χ4n) is 3.44. The van der Waals surface area contributed by atoms with Crippen LogP contribution in [0.1, 0.15) is 48.2 Å². The Morgan fingerprint density at radius 3 is 2.60 bits per heavy atom. The zero-order valence-corrected chi connectivity index (χ0v) is 12.3. The van der Waals surface area contributed by atoms with E-state index in [0.29, 0.717) is 24.1 Å². The molecule has 0 radical (unpaired) electrons. The van der Waals surface area contributed by atoms with Gasteiger partial charge in [-0.2, -0.15) is 0 Å². The molecule has 0 N–H and O–H groups in total. The van der Waals surface area contributed by atoms with Crippen LogP contribution in [0.4, 0.5) is 4.39 Å². The molecule has 0 aliphatic carbocycles. The van der Waals surface area contributed by atoms with E-state index in [1.165, 1.54) is 6.07 Å². The molecular formula is C15H18FNO2S. The number of nitrogens with zero attached hydrogens (tertiary/aromatic N) is 1. The molecule has 2 aliphatic rings. The summed E-state index contributed by atoms with van der Waals surface area (Å²) in [5.74, 6) is -0.517. The molecule has 5 heteroatoms. The number of aryl methyl sites for hydroxylation is 1. The number of carbonyl (C=O) groups is 1. The first-order valence-electron chi connectivity index (χ1n) is 7.12. The number of rotatable bonds is 2. The smallest absolute Gasteiger partial charge is 0.184 e. The Bertz CT molecular complexity index is 559. The van der Waals surface area contributed by atoms with E-state index in [4.69, 9.17) is 0 Å². The Hall–Kier alpha value is -1.10. The maximum absolute atomic E-state index is 13.1. The number of Topliss-reactive ketones (excluding diaryl/α,β-unsaturated/α-hetero) is 1. The monoisotopic (exact) mass is 295 g/mol. The van der Waals surface area contributed by atoms with Crippen molar-refractivity contribution in [3.63, 3.8) is 0 Å². The van der Waals surface area contributed by atoms with Crippen molar-refractivity contribution in [2.75, 3.05) is 0 Å². The predicted molar refractivity (Wildman–Crippen MR) is 75.6 cm³/mol. The molecule has 0 saturated carbocycles. The average Bonchev–Trinajstić information content (AvgIpc) is 2.37. The van der Waals surface area contributed by atoms with Gasteiger partial charge in [-0.15, -0.1) is 0 Å². The van der Waals surface area contributed by atoms with Crippen LogP contribution >= 0.6 is 0 Å². The van der Waals surface area contributed by atoms with E-state index in [9.17, 15) is 13.4 Å². The summed E-state index contributed by atoms with van der Waals surface area (Å²) < 4.78 is 25.2. The van der Waals surface area contributed by atoms with Crippen LogP contribution in [0, 0.1) is 18.7 Å². The molecule has 0 spiro atoms. The summed E-state index contributed by atoms with van der Waals surface area (Å²) in [6.45, 7) is 1.71. The highest BCUT2D eigenvalue weighted by Crippen LogP contribution is 2.38. The minimum Gasteiger partial charge on any atom is -0.292 e. The third-order valence-electron chi connectivity index (χ3n) is 4.45. The van der Waals surface area contributed by atoms with Crippen molar-refractivity contribution < 1.29 is 13.4 Å². The molecule has 108 valence electrons. The number of carbonyl (C=O) groups excluding carboxylic acids is 1. The van der Waals surface area contributed by atoms with Gasteiger partial charge in [-0.25, -0.2) is 9.37 Å². The van der Waals surface area contributed by atoms with Gasteiger partial charge in [0.1, 0.15) is 11.5 Å². The Labute approximate surface area is 120 Å². The van der Waals surface area contributed by atoms with Crippen LogP contribution < -0.4 is 0 Å². The van der Waals surface area contributed by atoms with Gasteiger partial charge >= 0.3 is 0 Å². The quantitative estimate of drug-likeness (QED) is 0.788. The molecule has 3 heterocycles. The highest BCUT2D eigenvalue weighted by molar-refractivity contribution is 7.86. The summed E-state index contributed by atoms with van der Waals surface area (Å²) in [6.07, 6.45) is 5.53. The molecule has 20 heavy (non-hydrogen) atoms. The van der Waals surface area contributed by atoms with Crippen LogP contribution in [0.2, 0.25) is 0 Å². The van der Waals surface area contributed by atoms with E-state index < -0.39 is 16.6 Å². The minimum absolute atomic E-state index is 0.00361. The van der Waals surface area contributed by atoms with Gasteiger partial charge in [0.2, 0.25) is 0 Å². The third-order valence-corrected chi connectivity index (χ3v) is 6.62. The van der Waals surface area contributed by atoms with Gasteiger partial charge in [-0.3, -0.25) is 9.00 Å². The van der Waals surface area contributed by atoms with Crippen LogP contribution in [0.5, 0.6) is 0 Å². The van der Waals surface area contributed by atoms with Crippen LogP contribution in [0.25, 0.3) is 0 Å². The summed E-state index contributed by atoms with van der Waals surface area (Å²) in [4.78, 5) is 16.6. The zero-order valence-electron chi connectivity index (χ0n) is 11.5. The molecule has 0 aromatic carbocycles. The largest absolute Gasteiger partial charge is 0.292 e. The van der Waals surface area contributed by atoms with Crippen LogP contribution in [0.15, 0.2) is 12.3 Å². The topological polar surface area (TPSA) is 47.0 Å². The van der Waals surface area contributed by atoms with Gasteiger partial charge in [0.15, 0.2) is 5.78 Å². The minimum atomic E-state index is -0.771. The van der Waals surface area contributed by atoms with Gasteiger partial charge < -0.3 is 0 Å². The Balaban J connectivity index is 1.83. The number of ketones is 1. The molecule has 2 bridgehead atoms. The lowest BCUT2D eigenvalue weighted by molar-refractivity contribution is 0.0889. The molecule has 2 saturated heterocycles. The molecule has 1 aromatic heterocycles. The lowest BCUT2D eigenvalue weighted by Gasteiger charge is -2.37. The van der Waals surface area contributed by atoms with Crippen molar-refractivity contribution in [1.29, 1.82) is 0 Å². The highest BCUT2D eigenvalue weighted by atomic mass is 32.2. The van der Waals surface area contributed by atoms with Crippen molar-refractivity contribution in [3.8, 4) is 0 Å². The molecule has 2 fully saturated rings. The normalized spacial score (nSPS) is 32.9. The number of hydrogen-bond donors (Lipinski definition) is 0. The van der Waals surface area contributed by atoms with E-state index >= 15 is 0 Å². The van der Waals surface area contributed by atoms with Gasteiger partial charge in [0.05, 0.1) is 6.20 Å². The van der Waals surface area contributed by atoms with Gasteiger partial charge in [0.25, 0.3) is 0 Å². The second-order valence-corrected chi connectivity index (χ2v) is 7.85. The van der Waals surface area contributed by atoms with Crippen molar-refractivity contribution >= 4 is 16.6 Å². The third kappa shape index (κ3) is 2.43. The summed E-state index contributed by atoms with van der Waals surface area (Å²) in [6, 6.07) is 1.35. The number of hydrogen-bond acceptors (Lipinski definition) is 3. The number of halogens is 1. The van der Waals surface area contributed by atoms with Crippen molar-refractivity contribution in [2.45, 2.75) is 49.5 Å². The summed E-state index contributed by atoms with van der Waals surface area (Å²) in [7, 11) is -0.771. The second kappa shape index (κ2) is 5.35. The van der Waals surface area contributed by atoms with Crippen LogP contribution in [-0.2, 0) is 10.8 Å². The van der Waals surface area contributed by atoms with E-state index in [-0.39, 0.29) is 22.2 Å². The Kier molecular flexibility index (Phi) is 3.71. The molecule has 2 atom stereocenters. The Morgan fingerprint density at radius 1 is 1.35 bits per heavy atom. The molecule has 0 amide bonds. The first-order valence-corrected chi connectivity index (χ1v) is 8.39. The van der Waals surface area contributed by atoms with Crippen LogP contribution in [-0.4, -0.2) is 25.5 Å². The maximum atomic E-state index is 13.1. The van der Waals surface area contributed by atoms with Gasteiger partial charge in [-0.05, 0) is 44.2 Å². The predicted octanol–water partition coefficient (Wildman–Crippen LogP) is 2.79. The van der Waals surface area contributed by atoms with Gasteiger partial charge in [-0.1, -0.05) is 6.42 Å². The summed E-state index contributed by atoms with van der Waals surface area (Å²) in [5, 5.41) is 0.328. The number of pyridine rings is 1. The Morgan fingerprint density at radius 2 is 2.00 bits per heavy atom. The number of fused-ring (bicyclic) bond motifs is 2. The fraction of sp³-hybridized carbons (Fsp3) is 0.600. The van der Waals surface area contributed by atoms with Crippen molar-refractivity contribution in [3.05, 3.63) is 29.3 Å². The lowest BCUT2D eigenvalue weighted by Crippen LogP contribution is -2.41. The first kappa shape index (κ1) is 13.9. The summed E-state index contributed by atoms with van der Waals surface area (Å²) >= 11 is 0. The van der Waals surface area contributed by atoms with E-state index in [1.807, 2.05) is 0 Å². The van der Waals surface area contributed by atoms with Crippen LogP contribution in [0.3, 0.4) is 0 Å². The van der Waals surface area contributed by atoms with E-state index in [1.54, 1.807) is 6.92 Å². The zero-order chi connectivity index (χ0) is 14.3. The van der Waals surface area contributed by atoms with E-state index in [0.717, 1.165) is 25.5 Å². The molecule has 3 rings (SSSR count). The van der Waals surface area contributed by atoms with Crippen molar-refractivity contribution in [1.82, 2.24) is 4.98 Å². The maximum Gasteiger partial charge on any atom is 0.184 e. The fourth-order valence-corrected chi connectivity index (χ4v) is 5.63. The SMILES string of the molecule is Cc1cc(F)cnc1C(=O)C1CC2CCCC(C1)S2=O. The molecule has 3 nitrogen and oxygen atoms in total. The lowest BCUT2D eigenvalue weighted by atomic mass is 9.85. The molecule has 2 aliphatic heterocycles. The molecular weight excluding hydrogens is 277 g/mol. The standard InChI is InChI=1S/C15H18FNO2S/c1-9-5-11(16)8-17-14(9)15(18)10-6-12-3-2-4-13(7-10)20(12)19/h5,8,10,12-13H,2-4,6-7H2,1H3. The number of aromatic nitrogens is 1. The van der Waals surface area contributed by atoms with Gasteiger partial charge in [0, 0.05) is 27.2 Å². The first-order chi connectivity index (χ1) is 9.56. The van der Waals surface area contributed by atoms with E-state index in [2.05, 4.69) is 4.98 Å².